The lowest BCUT2D eigenvalue weighted by molar-refractivity contribution is -0.0938. The Morgan fingerprint density at radius 3 is 2.31 bits per heavy atom. The second-order valence-corrected chi connectivity index (χ2v) is 20.9. The van der Waals surface area contributed by atoms with Crippen molar-refractivity contribution in [2.45, 2.75) is 150 Å². The quantitative estimate of drug-likeness (QED) is 0.204. The number of rotatable bonds is 6. The smallest absolute Gasteiger partial charge is 0.192 e. The molecule has 0 amide bonds. The Kier molecular flexibility index (Phi) is 7.62. The van der Waals surface area contributed by atoms with Crippen LogP contribution in [0.3, 0.4) is 0 Å². The number of fused-ring (bicyclic) bond motifs is 5. The first-order valence-electron chi connectivity index (χ1n) is 15.1. The van der Waals surface area contributed by atoms with Crippen molar-refractivity contribution in [3.05, 3.63) is 11.6 Å². The van der Waals surface area contributed by atoms with Crippen LogP contribution in [0.2, 0.25) is 18.1 Å². The average molecular weight is 503 g/mol. The van der Waals surface area contributed by atoms with Gasteiger partial charge in [-0.1, -0.05) is 67.0 Å². The van der Waals surface area contributed by atoms with E-state index in [9.17, 15) is 0 Å². The van der Waals surface area contributed by atoms with Gasteiger partial charge >= 0.3 is 0 Å². The van der Waals surface area contributed by atoms with Crippen molar-refractivity contribution in [1.82, 2.24) is 0 Å². The molecule has 3 saturated carbocycles. The molecule has 202 valence electrons. The molecule has 35 heavy (non-hydrogen) atoms. The second kappa shape index (κ2) is 9.56. The first-order chi connectivity index (χ1) is 16.1. The molecular formula is C32H58O2Si. The SMILES string of the molecule is CC(C)(C)CCCOC1CC[C@H]2[C@@H]3CC=C4CC(O[Si](C)(C)C(C)(C)C)CC[C@]4(C)[C@@H]3CC[C@]12C. The van der Waals surface area contributed by atoms with Gasteiger partial charge in [0.25, 0.3) is 0 Å². The highest BCUT2D eigenvalue weighted by Crippen LogP contribution is 2.65. The maximum absolute atomic E-state index is 6.92. The summed E-state index contributed by atoms with van der Waals surface area (Å²) < 4.78 is 13.6. The summed E-state index contributed by atoms with van der Waals surface area (Å²) in [6, 6.07) is 0. The molecule has 0 saturated heterocycles. The Labute approximate surface area is 219 Å². The maximum Gasteiger partial charge on any atom is 0.192 e. The van der Waals surface area contributed by atoms with E-state index < -0.39 is 8.32 Å². The molecule has 0 radical (unpaired) electrons. The number of hydrogen-bond donors (Lipinski definition) is 0. The van der Waals surface area contributed by atoms with Gasteiger partial charge in [0.15, 0.2) is 8.32 Å². The highest BCUT2D eigenvalue weighted by Gasteiger charge is 2.59. The van der Waals surface area contributed by atoms with E-state index in [-0.39, 0.29) is 0 Å². The molecule has 0 N–H and O–H groups in total. The van der Waals surface area contributed by atoms with Crippen LogP contribution < -0.4 is 0 Å². The zero-order chi connectivity index (χ0) is 25.9. The van der Waals surface area contributed by atoms with E-state index in [1.54, 1.807) is 5.57 Å². The van der Waals surface area contributed by atoms with Gasteiger partial charge < -0.3 is 9.16 Å². The predicted octanol–water partition coefficient (Wildman–Crippen LogP) is 9.55. The van der Waals surface area contributed by atoms with Crippen molar-refractivity contribution >= 4 is 8.32 Å². The molecular weight excluding hydrogens is 444 g/mol. The Morgan fingerprint density at radius 2 is 1.66 bits per heavy atom. The summed E-state index contributed by atoms with van der Waals surface area (Å²) in [6.45, 7) is 25.2. The number of hydrogen-bond acceptors (Lipinski definition) is 2. The van der Waals surface area contributed by atoms with Gasteiger partial charge in [-0.25, -0.2) is 0 Å². The summed E-state index contributed by atoms with van der Waals surface area (Å²) >= 11 is 0. The first kappa shape index (κ1) is 27.9. The molecule has 0 aromatic heterocycles. The molecule has 0 aromatic rings. The van der Waals surface area contributed by atoms with E-state index >= 15 is 0 Å². The molecule has 3 fully saturated rings. The molecule has 0 bridgehead atoms. The van der Waals surface area contributed by atoms with E-state index in [4.69, 9.17) is 9.16 Å². The molecule has 3 heteroatoms. The van der Waals surface area contributed by atoms with Crippen LogP contribution in [-0.4, -0.2) is 27.1 Å². The molecule has 4 aliphatic rings. The molecule has 2 nitrogen and oxygen atoms in total. The van der Waals surface area contributed by atoms with Gasteiger partial charge in [-0.2, -0.15) is 0 Å². The van der Waals surface area contributed by atoms with Crippen LogP contribution in [0.15, 0.2) is 11.6 Å². The minimum atomic E-state index is -1.71. The summed E-state index contributed by atoms with van der Waals surface area (Å²) in [4.78, 5) is 0. The average Bonchev–Trinajstić information content (AvgIpc) is 3.06. The topological polar surface area (TPSA) is 18.5 Å². The summed E-state index contributed by atoms with van der Waals surface area (Å²) in [7, 11) is -1.71. The number of ether oxygens (including phenoxy) is 1. The Bertz CT molecular complexity index is 786. The molecule has 0 aliphatic heterocycles. The summed E-state index contributed by atoms with van der Waals surface area (Å²) in [5.41, 5.74) is 2.97. The van der Waals surface area contributed by atoms with Crippen molar-refractivity contribution in [1.29, 1.82) is 0 Å². The Hall–Kier alpha value is -0.123. The monoisotopic (exact) mass is 502 g/mol. The lowest BCUT2D eigenvalue weighted by Gasteiger charge is -2.58. The third-order valence-electron chi connectivity index (χ3n) is 11.6. The molecule has 7 atom stereocenters. The third-order valence-corrected chi connectivity index (χ3v) is 16.2. The summed E-state index contributed by atoms with van der Waals surface area (Å²) in [5, 5.41) is 0.293. The van der Waals surface area contributed by atoms with E-state index in [1.807, 2.05) is 0 Å². The third kappa shape index (κ3) is 5.40. The molecule has 0 aromatic carbocycles. The van der Waals surface area contributed by atoms with Crippen LogP contribution in [0, 0.1) is 34.0 Å². The van der Waals surface area contributed by atoms with E-state index in [1.165, 1.54) is 64.2 Å². The molecule has 0 heterocycles. The van der Waals surface area contributed by atoms with E-state index in [0.717, 1.165) is 24.4 Å². The fourth-order valence-corrected chi connectivity index (χ4v) is 9.76. The van der Waals surface area contributed by atoms with Gasteiger partial charge in [-0.05, 0) is 116 Å². The van der Waals surface area contributed by atoms with Gasteiger partial charge in [-0.3, -0.25) is 0 Å². The van der Waals surface area contributed by atoms with Gasteiger partial charge in [0.2, 0.25) is 0 Å². The second-order valence-electron chi connectivity index (χ2n) is 16.1. The van der Waals surface area contributed by atoms with Crippen LogP contribution in [0.1, 0.15) is 120 Å². The largest absolute Gasteiger partial charge is 0.414 e. The first-order valence-corrected chi connectivity index (χ1v) is 18.0. The van der Waals surface area contributed by atoms with Gasteiger partial charge in [-0.15, -0.1) is 0 Å². The zero-order valence-corrected chi connectivity index (χ0v) is 26.1. The number of allylic oxidation sites excluding steroid dienone is 1. The minimum Gasteiger partial charge on any atom is -0.414 e. The molecule has 4 rings (SSSR count). The minimum absolute atomic E-state index is 0.293. The van der Waals surface area contributed by atoms with Crippen LogP contribution in [0.25, 0.3) is 0 Å². The molecule has 4 aliphatic carbocycles. The van der Waals surface area contributed by atoms with Crippen molar-refractivity contribution in [2.75, 3.05) is 6.61 Å². The van der Waals surface area contributed by atoms with Crippen LogP contribution in [0.5, 0.6) is 0 Å². The Morgan fingerprint density at radius 1 is 0.943 bits per heavy atom. The lowest BCUT2D eigenvalue weighted by Crippen LogP contribution is -2.52. The fraction of sp³-hybridized carbons (Fsp3) is 0.938. The maximum atomic E-state index is 6.92. The standard InChI is InChI=1S/C32H58O2Si/c1-29(2,3)18-11-21-33-28-15-14-26-25-13-12-23-22-24(34-35(9,10)30(4,5)6)16-19-31(23,7)27(25)17-20-32(26,28)8/h12,24-28H,11,13-22H2,1-10H3/t24?,25-,26-,27+,28?,31-,32-/m0/s1. The molecule has 2 unspecified atom stereocenters. The van der Waals surface area contributed by atoms with Crippen molar-refractivity contribution in [2.24, 2.45) is 34.0 Å². The summed E-state index contributed by atoms with van der Waals surface area (Å²) in [5.74, 6) is 2.59. The van der Waals surface area contributed by atoms with Crippen LogP contribution in [-0.2, 0) is 9.16 Å². The van der Waals surface area contributed by atoms with Crippen molar-refractivity contribution < 1.29 is 9.16 Å². The van der Waals surface area contributed by atoms with Gasteiger partial charge in [0.05, 0.1) is 6.10 Å². The highest BCUT2D eigenvalue weighted by atomic mass is 28.4. The zero-order valence-electron chi connectivity index (χ0n) is 25.1. The Balaban J connectivity index is 1.41. The van der Waals surface area contributed by atoms with Crippen molar-refractivity contribution in [3.63, 3.8) is 0 Å². The van der Waals surface area contributed by atoms with Gasteiger partial charge in [0.1, 0.15) is 0 Å². The predicted molar refractivity (Wildman–Crippen MR) is 152 cm³/mol. The molecule has 0 spiro atoms. The van der Waals surface area contributed by atoms with E-state index in [2.05, 4.69) is 74.6 Å². The highest BCUT2D eigenvalue weighted by molar-refractivity contribution is 6.74. The van der Waals surface area contributed by atoms with Crippen LogP contribution in [0.4, 0.5) is 0 Å². The fourth-order valence-electron chi connectivity index (χ4n) is 8.38. The van der Waals surface area contributed by atoms with Crippen LogP contribution >= 0.6 is 0 Å². The van der Waals surface area contributed by atoms with Gasteiger partial charge in [0, 0.05) is 12.7 Å². The normalized spacial score (nSPS) is 40.1. The summed E-state index contributed by atoms with van der Waals surface area (Å²) in [6.07, 6.45) is 16.6. The lowest BCUT2D eigenvalue weighted by atomic mass is 9.48. The van der Waals surface area contributed by atoms with E-state index in [0.29, 0.717) is 33.5 Å². The van der Waals surface area contributed by atoms with Crippen molar-refractivity contribution in [3.8, 4) is 0 Å².